The third-order valence-corrected chi connectivity index (χ3v) is 2.74. The molecule has 0 saturated heterocycles. The molecule has 1 aromatic carbocycles. The summed E-state index contributed by atoms with van der Waals surface area (Å²) in [7, 11) is 0. The van der Waals surface area contributed by atoms with E-state index in [0.29, 0.717) is 16.6 Å². The molecule has 1 rings (SSSR count). The van der Waals surface area contributed by atoms with Crippen LogP contribution in [0.4, 0.5) is 4.39 Å². The Morgan fingerprint density at radius 1 is 1.59 bits per heavy atom. The third kappa shape index (κ3) is 5.02. The SMILES string of the molecule is CCOC(=O)C[C@@H](N)c1ccc(F)cc1Br.Cl. The Kier molecular flexibility index (Phi) is 7.34. The van der Waals surface area contributed by atoms with Crippen LogP contribution in [-0.2, 0) is 9.53 Å². The number of carbonyl (C=O) groups is 1. The summed E-state index contributed by atoms with van der Waals surface area (Å²) in [6.07, 6.45) is 0.0814. The molecular formula is C11H14BrClFNO2. The number of nitrogens with two attached hydrogens (primary N) is 1. The maximum Gasteiger partial charge on any atom is 0.307 e. The number of carbonyl (C=O) groups excluding carboxylic acids is 1. The van der Waals surface area contributed by atoms with Gasteiger partial charge in [-0.1, -0.05) is 22.0 Å². The fourth-order valence-corrected chi connectivity index (χ4v) is 1.96. The smallest absolute Gasteiger partial charge is 0.307 e. The van der Waals surface area contributed by atoms with Crippen molar-refractivity contribution in [3.63, 3.8) is 0 Å². The summed E-state index contributed by atoms with van der Waals surface area (Å²) >= 11 is 3.20. The fourth-order valence-electron chi connectivity index (χ4n) is 1.31. The molecule has 0 radical (unpaired) electrons. The highest BCUT2D eigenvalue weighted by atomic mass is 79.9. The van der Waals surface area contributed by atoms with E-state index in [-0.39, 0.29) is 30.6 Å². The van der Waals surface area contributed by atoms with Gasteiger partial charge in [-0.3, -0.25) is 4.79 Å². The summed E-state index contributed by atoms with van der Waals surface area (Å²) in [4.78, 5) is 11.2. The van der Waals surface area contributed by atoms with Crippen molar-refractivity contribution in [2.75, 3.05) is 6.61 Å². The predicted molar refractivity (Wildman–Crippen MR) is 69.5 cm³/mol. The zero-order valence-corrected chi connectivity index (χ0v) is 11.7. The first-order valence-corrected chi connectivity index (χ1v) is 5.70. The molecule has 0 aliphatic heterocycles. The minimum atomic E-state index is -0.492. The fraction of sp³-hybridized carbons (Fsp3) is 0.364. The van der Waals surface area contributed by atoms with E-state index in [1.807, 2.05) is 0 Å². The number of esters is 1. The van der Waals surface area contributed by atoms with Crippen LogP contribution in [0.1, 0.15) is 24.9 Å². The highest BCUT2D eigenvalue weighted by molar-refractivity contribution is 9.10. The number of hydrogen-bond donors (Lipinski definition) is 1. The van der Waals surface area contributed by atoms with Crippen molar-refractivity contribution in [1.29, 1.82) is 0 Å². The summed E-state index contributed by atoms with van der Waals surface area (Å²) in [5, 5.41) is 0. The molecule has 0 saturated carbocycles. The highest BCUT2D eigenvalue weighted by Gasteiger charge is 2.15. The number of rotatable bonds is 4. The zero-order chi connectivity index (χ0) is 12.1. The van der Waals surface area contributed by atoms with Gasteiger partial charge in [0.1, 0.15) is 5.82 Å². The molecule has 2 N–H and O–H groups in total. The molecule has 0 aliphatic carbocycles. The molecule has 1 aromatic rings. The Morgan fingerprint density at radius 3 is 2.76 bits per heavy atom. The van der Waals surface area contributed by atoms with Crippen LogP contribution in [0.15, 0.2) is 22.7 Å². The van der Waals surface area contributed by atoms with Crippen LogP contribution in [0.2, 0.25) is 0 Å². The Balaban J connectivity index is 0.00000256. The predicted octanol–water partition coefficient (Wildman–Crippen LogP) is 2.96. The van der Waals surface area contributed by atoms with Crippen LogP contribution in [0.5, 0.6) is 0 Å². The largest absolute Gasteiger partial charge is 0.466 e. The molecule has 0 amide bonds. The van der Waals surface area contributed by atoms with Crippen molar-refractivity contribution >= 4 is 34.3 Å². The van der Waals surface area contributed by atoms with Crippen LogP contribution in [0.25, 0.3) is 0 Å². The average molecular weight is 327 g/mol. The summed E-state index contributed by atoms with van der Waals surface area (Å²) < 4.78 is 18.2. The van der Waals surface area contributed by atoms with E-state index >= 15 is 0 Å². The summed E-state index contributed by atoms with van der Waals surface area (Å²) in [6.45, 7) is 2.06. The van der Waals surface area contributed by atoms with Crippen molar-refractivity contribution < 1.29 is 13.9 Å². The first kappa shape index (κ1) is 16.4. The molecule has 3 nitrogen and oxygen atoms in total. The Morgan fingerprint density at radius 2 is 2.24 bits per heavy atom. The third-order valence-electron chi connectivity index (χ3n) is 2.05. The van der Waals surface area contributed by atoms with Crippen LogP contribution in [0, 0.1) is 5.82 Å². The molecule has 0 fully saturated rings. The first-order valence-electron chi connectivity index (χ1n) is 4.90. The Labute approximate surface area is 114 Å². The molecule has 96 valence electrons. The Hall–Kier alpha value is -0.650. The van der Waals surface area contributed by atoms with Gasteiger partial charge in [0, 0.05) is 10.5 Å². The van der Waals surface area contributed by atoms with Gasteiger partial charge < -0.3 is 10.5 Å². The quantitative estimate of drug-likeness (QED) is 0.866. The van der Waals surface area contributed by atoms with Gasteiger partial charge in [-0.05, 0) is 24.6 Å². The lowest BCUT2D eigenvalue weighted by Gasteiger charge is -2.12. The lowest BCUT2D eigenvalue weighted by Crippen LogP contribution is -2.17. The minimum absolute atomic E-state index is 0. The number of ether oxygens (including phenoxy) is 1. The van der Waals surface area contributed by atoms with Gasteiger partial charge in [0.25, 0.3) is 0 Å². The molecule has 1 atom stereocenters. The van der Waals surface area contributed by atoms with Gasteiger partial charge in [0.15, 0.2) is 0 Å². The van der Waals surface area contributed by atoms with Crippen molar-refractivity contribution in [3.05, 3.63) is 34.1 Å². The standard InChI is InChI=1S/C11H13BrFNO2.ClH/c1-2-16-11(15)6-10(14)8-4-3-7(13)5-9(8)12;/h3-5,10H,2,6,14H2,1H3;1H/t10-;/m1./s1. The zero-order valence-electron chi connectivity index (χ0n) is 9.28. The van der Waals surface area contributed by atoms with Gasteiger partial charge in [0.05, 0.1) is 13.0 Å². The second kappa shape index (κ2) is 7.63. The second-order valence-electron chi connectivity index (χ2n) is 3.28. The second-order valence-corrected chi connectivity index (χ2v) is 4.14. The van der Waals surface area contributed by atoms with Crippen LogP contribution < -0.4 is 5.73 Å². The topological polar surface area (TPSA) is 52.3 Å². The molecule has 0 bridgehead atoms. The maximum atomic E-state index is 12.8. The van der Waals surface area contributed by atoms with E-state index in [0.717, 1.165) is 0 Å². The van der Waals surface area contributed by atoms with Gasteiger partial charge in [-0.15, -0.1) is 12.4 Å². The van der Waals surface area contributed by atoms with Crippen molar-refractivity contribution in [2.45, 2.75) is 19.4 Å². The van der Waals surface area contributed by atoms with E-state index in [4.69, 9.17) is 10.5 Å². The number of hydrogen-bond acceptors (Lipinski definition) is 3. The van der Waals surface area contributed by atoms with E-state index in [1.54, 1.807) is 13.0 Å². The Bertz CT molecular complexity index is 390. The van der Waals surface area contributed by atoms with E-state index < -0.39 is 6.04 Å². The molecular weight excluding hydrogens is 312 g/mol. The molecule has 0 spiro atoms. The number of benzene rings is 1. The average Bonchev–Trinajstić information content (AvgIpc) is 2.17. The lowest BCUT2D eigenvalue weighted by molar-refractivity contribution is -0.143. The molecule has 0 unspecified atom stereocenters. The maximum absolute atomic E-state index is 12.8. The molecule has 6 heteroatoms. The van der Waals surface area contributed by atoms with E-state index in [1.165, 1.54) is 12.1 Å². The number of halogens is 3. The van der Waals surface area contributed by atoms with Gasteiger partial charge in [-0.2, -0.15) is 0 Å². The lowest BCUT2D eigenvalue weighted by atomic mass is 10.1. The van der Waals surface area contributed by atoms with Crippen molar-refractivity contribution in [1.82, 2.24) is 0 Å². The summed E-state index contributed by atoms with van der Waals surface area (Å²) in [5.41, 5.74) is 6.51. The van der Waals surface area contributed by atoms with Crippen LogP contribution in [-0.4, -0.2) is 12.6 Å². The van der Waals surface area contributed by atoms with Gasteiger partial charge in [-0.25, -0.2) is 4.39 Å². The normalized spacial score (nSPS) is 11.5. The summed E-state index contributed by atoms with van der Waals surface area (Å²) in [5.74, 6) is -0.704. The first-order chi connectivity index (χ1) is 7.54. The van der Waals surface area contributed by atoms with E-state index in [9.17, 15) is 9.18 Å². The van der Waals surface area contributed by atoms with Gasteiger partial charge >= 0.3 is 5.97 Å². The highest BCUT2D eigenvalue weighted by Crippen LogP contribution is 2.25. The summed E-state index contributed by atoms with van der Waals surface area (Å²) in [6, 6.07) is 3.70. The van der Waals surface area contributed by atoms with Crippen molar-refractivity contribution in [2.24, 2.45) is 5.73 Å². The molecule has 0 aromatic heterocycles. The molecule has 17 heavy (non-hydrogen) atoms. The molecule has 0 aliphatic rings. The van der Waals surface area contributed by atoms with Crippen molar-refractivity contribution in [3.8, 4) is 0 Å². The van der Waals surface area contributed by atoms with Crippen LogP contribution in [0.3, 0.4) is 0 Å². The van der Waals surface area contributed by atoms with E-state index in [2.05, 4.69) is 15.9 Å². The van der Waals surface area contributed by atoms with Gasteiger partial charge in [0.2, 0.25) is 0 Å². The molecule has 0 heterocycles. The minimum Gasteiger partial charge on any atom is -0.466 e. The monoisotopic (exact) mass is 325 g/mol. The van der Waals surface area contributed by atoms with Crippen LogP contribution >= 0.6 is 28.3 Å².